The number of hydrogen-bond donors (Lipinski definition) is 0. The number of rotatable bonds is 4. The summed E-state index contributed by atoms with van der Waals surface area (Å²) >= 11 is 0. The SMILES string of the molecule is c1ccc(-c2cccc(-c3cc(-n4c5ccccc5c5ccccc54)nc(-n4c5ccccc5c5ccccc54)n3)c2)cc1. The monoisotopic (exact) mass is 562 g/mol. The van der Waals surface area contributed by atoms with E-state index in [1.54, 1.807) is 0 Å². The van der Waals surface area contributed by atoms with Crippen molar-refractivity contribution in [2.75, 3.05) is 0 Å². The summed E-state index contributed by atoms with van der Waals surface area (Å²) in [4.78, 5) is 10.6. The molecule has 0 aliphatic heterocycles. The molecule has 0 unspecified atom stereocenters. The molecule has 0 fully saturated rings. The smallest absolute Gasteiger partial charge is 0.237 e. The Morgan fingerprint density at radius 3 is 1.36 bits per heavy atom. The average Bonchev–Trinajstić information content (AvgIpc) is 3.62. The van der Waals surface area contributed by atoms with Gasteiger partial charge in [0, 0.05) is 33.2 Å². The molecular weight excluding hydrogens is 536 g/mol. The largest absolute Gasteiger partial charge is 0.294 e. The fourth-order valence-corrected chi connectivity index (χ4v) is 6.58. The Morgan fingerprint density at radius 2 is 0.795 bits per heavy atom. The van der Waals surface area contributed by atoms with E-state index in [2.05, 4.69) is 161 Å². The van der Waals surface area contributed by atoms with Gasteiger partial charge in [0.2, 0.25) is 5.95 Å². The molecule has 0 saturated heterocycles. The van der Waals surface area contributed by atoms with Crippen molar-refractivity contribution in [2.45, 2.75) is 0 Å². The minimum Gasteiger partial charge on any atom is -0.294 e. The van der Waals surface area contributed by atoms with E-state index in [-0.39, 0.29) is 0 Å². The summed E-state index contributed by atoms with van der Waals surface area (Å²) < 4.78 is 4.47. The molecule has 3 heterocycles. The highest BCUT2D eigenvalue weighted by molar-refractivity contribution is 6.10. The van der Waals surface area contributed by atoms with Gasteiger partial charge in [-0.15, -0.1) is 0 Å². The zero-order valence-electron chi connectivity index (χ0n) is 23.8. The third-order valence-electron chi connectivity index (χ3n) is 8.56. The third-order valence-corrected chi connectivity index (χ3v) is 8.56. The fraction of sp³-hybridized carbons (Fsp3) is 0. The lowest BCUT2D eigenvalue weighted by Gasteiger charge is -2.14. The van der Waals surface area contributed by atoms with E-state index < -0.39 is 0 Å². The first-order valence-electron chi connectivity index (χ1n) is 14.9. The Kier molecular flexibility index (Phi) is 5.47. The molecule has 0 N–H and O–H groups in total. The standard InChI is InChI=1S/C40H26N4/c1-2-13-27(14-3-1)28-15-12-16-29(25-28)34-26-39(43-35-21-8-4-17-30(35)31-18-5-9-22-36(31)43)42-40(41-34)44-37-23-10-6-19-32(37)33-20-7-11-24-38(33)44/h1-26H. The summed E-state index contributed by atoms with van der Waals surface area (Å²) in [7, 11) is 0. The lowest BCUT2D eigenvalue weighted by molar-refractivity contribution is 0.952. The number of hydrogen-bond acceptors (Lipinski definition) is 2. The molecular formula is C40H26N4. The Labute approximate surface area is 254 Å². The van der Waals surface area contributed by atoms with Crippen LogP contribution in [0.1, 0.15) is 0 Å². The van der Waals surface area contributed by atoms with Gasteiger partial charge >= 0.3 is 0 Å². The van der Waals surface area contributed by atoms with Crippen molar-refractivity contribution in [1.82, 2.24) is 19.1 Å². The Balaban J connectivity index is 1.37. The van der Waals surface area contributed by atoms with Crippen LogP contribution in [0, 0.1) is 0 Å². The van der Waals surface area contributed by atoms with Gasteiger partial charge in [-0.3, -0.25) is 9.13 Å². The van der Waals surface area contributed by atoms with E-state index >= 15 is 0 Å². The van der Waals surface area contributed by atoms with Gasteiger partial charge in [-0.1, -0.05) is 121 Å². The topological polar surface area (TPSA) is 35.6 Å². The number of benzene rings is 6. The van der Waals surface area contributed by atoms with Gasteiger partial charge in [-0.05, 0) is 41.5 Å². The van der Waals surface area contributed by atoms with Crippen LogP contribution < -0.4 is 0 Å². The van der Waals surface area contributed by atoms with Gasteiger partial charge in [0.05, 0.1) is 27.8 Å². The summed E-state index contributed by atoms with van der Waals surface area (Å²) in [6.07, 6.45) is 0. The first-order chi connectivity index (χ1) is 21.8. The molecule has 44 heavy (non-hydrogen) atoms. The highest BCUT2D eigenvalue weighted by atomic mass is 15.2. The van der Waals surface area contributed by atoms with Crippen molar-refractivity contribution in [3.8, 4) is 34.2 Å². The molecule has 0 aliphatic carbocycles. The Hall–Kier alpha value is -6.00. The van der Waals surface area contributed by atoms with Crippen LogP contribution in [0.5, 0.6) is 0 Å². The normalized spacial score (nSPS) is 11.6. The first-order valence-corrected chi connectivity index (χ1v) is 14.9. The highest BCUT2D eigenvalue weighted by Gasteiger charge is 2.19. The van der Waals surface area contributed by atoms with E-state index in [0.29, 0.717) is 5.95 Å². The first kappa shape index (κ1) is 24.6. The summed E-state index contributed by atoms with van der Waals surface area (Å²) in [5.74, 6) is 1.47. The van der Waals surface area contributed by atoms with E-state index in [1.807, 2.05) is 6.07 Å². The molecule has 206 valence electrons. The van der Waals surface area contributed by atoms with Gasteiger partial charge in [0.15, 0.2) is 0 Å². The van der Waals surface area contributed by atoms with E-state index in [9.17, 15) is 0 Å². The molecule has 6 aromatic carbocycles. The van der Waals surface area contributed by atoms with Gasteiger partial charge in [0.1, 0.15) is 5.82 Å². The number of aromatic nitrogens is 4. The number of nitrogens with zero attached hydrogens (tertiary/aromatic N) is 4. The predicted molar refractivity (Wildman–Crippen MR) is 182 cm³/mol. The summed E-state index contributed by atoms with van der Waals surface area (Å²) in [5, 5.41) is 4.77. The maximum Gasteiger partial charge on any atom is 0.237 e. The lowest BCUT2D eigenvalue weighted by atomic mass is 10.0. The van der Waals surface area contributed by atoms with Gasteiger partial charge in [-0.25, -0.2) is 4.98 Å². The van der Waals surface area contributed by atoms with Crippen molar-refractivity contribution in [3.63, 3.8) is 0 Å². The third kappa shape index (κ3) is 3.78. The Morgan fingerprint density at radius 1 is 0.341 bits per heavy atom. The van der Waals surface area contributed by atoms with E-state index in [4.69, 9.17) is 9.97 Å². The zero-order chi connectivity index (χ0) is 29.0. The maximum absolute atomic E-state index is 5.34. The molecule has 9 aromatic rings. The molecule has 0 saturated carbocycles. The van der Waals surface area contributed by atoms with Gasteiger partial charge < -0.3 is 0 Å². The molecule has 0 radical (unpaired) electrons. The van der Waals surface area contributed by atoms with Crippen LogP contribution in [0.2, 0.25) is 0 Å². The van der Waals surface area contributed by atoms with Crippen LogP contribution in [0.3, 0.4) is 0 Å². The minimum absolute atomic E-state index is 0.641. The van der Waals surface area contributed by atoms with Crippen molar-refractivity contribution >= 4 is 43.6 Å². The molecule has 4 heteroatoms. The lowest BCUT2D eigenvalue weighted by Crippen LogP contribution is -2.07. The van der Waals surface area contributed by atoms with Gasteiger partial charge in [0.25, 0.3) is 0 Å². The number of para-hydroxylation sites is 4. The second-order valence-electron chi connectivity index (χ2n) is 11.1. The van der Waals surface area contributed by atoms with E-state index in [1.165, 1.54) is 27.1 Å². The van der Waals surface area contributed by atoms with Gasteiger partial charge in [-0.2, -0.15) is 4.98 Å². The van der Waals surface area contributed by atoms with Crippen molar-refractivity contribution in [3.05, 3.63) is 158 Å². The number of fused-ring (bicyclic) bond motifs is 6. The van der Waals surface area contributed by atoms with Crippen LogP contribution >= 0.6 is 0 Å². The molecule has 0 aliphatic rings. The van der Waals surface area contributed by atoms with Crippen molar-refractivity contribution in [1.29, 1.82) is 0 Å². The summed E-state index contributed by atoms with van der Waals surface area (Å²) in [5.41, 5.74) is 8.62. The second-order valence-corrected chi connectivity index (χ2v) is 11.1. The summed E-state index contributed by atoms with van der Waals surface area (Å²) in [6, 6.07) is 55.4. The highest BCUT2D eigenvalue weighted by Crippen LogP contribution is 2.35. The molecule has 0 bridgehead atoms. The quantitative estimate of drug-likeness (QED) is 0.214. The summed E-state index contributed by atoms with van der Waals surface area (Å²) in [6.45, 7) is 0. The van der Waals surface area contributed by atoms with Crippen molar-refractivity contribution in [2.24, 2.45) is 0 Å². The fourth-order valence-electron chi connectivity index (χ4n) is 6.58. The van der Waals surface area contributed by atoms with Crippen LogP contribution in [-0.2, 0) is 0 Å². The van der Waals surface area contributed by atoms with Crippen LogP contribution in [0.25, 0.3) is 77.8 Å². The predicted octanol–water partition coefficient (Wildman–Crippen LogP) is 10.0. The second kappa shape index (κ2) is 9.79. The maximum atomic E-state index is 5.34. The molecule has 3 aromatic heterocycles. The average molecular weight is 563 g/mol. The molecule has 0 spiro atoms. The Bertz CT molecular complexity index is 2260. The minimum atomic E-state index is 0.641. The molecule has 0 atom stereocenters. The van der Waals surface area contributed by atoms with Crippen LogP contribution in [0.4, 0.5) is 0 Å². The van der Waals surface area contributed by atoms with E-state index in [0.717, 1.165) is 44.7 Å². The molecule has 9 rings (SSSR count). The van der Waals surface area contributed by atoms with Crippen LogP contribution in [-0.4, -0.2) is 19.1 Å². The molecule has 4 nitrogen and oxygen atoms in total. The van der Waals surface area contributed by atoms with Crippen molar-refractivity contribution < 1.29 is 0 Å². The van der Waals surface area contributed by atoms with Crippen LogP contribution in [0.15, 0.2) is 158 Å². The zero-order valence-corrected chi connectivity index (χ0v) is 23.8. The molecule has 0 amide bonds.